The van der Waals surface area contributed by atoms with Crippen LogP contribution in [0.25, 0.3) is 0 Å². The summed E-state index contributed by atoms with van der Waals surface area (Å²) < 4.78 is 16.8. The zero-order chi connectivity index (χ0) is 15.9. The lowest BCUT2D eigenvalue weighted by atomic mass is 9.73. The first-order chi connectivity index (χ1) is 11.3. The van der Waals surface area contributed by atoms with Crippen molar-refractivity contribution in [3.05, 3.63) is 29.3 Å². The van der Waals surface area contributed by atoms with Crippen LogP contribution in [-0.2, 0) is 14.9 Å². The van der Waals surface area contributed by atoms with Crippen molar-refractivity contribution >= 4 is 0 Å². The normalized spacial score (nSPS) is 29.8. The molecule has 2 saturated heterocycles. The number of methoxy groups -OCH3 is 2. The summed E-state index contributed by atoms with van der Waals surface area (Å²) in [6, 6.07) is 7.16. The number of ether oxygens (including phenoxy) is 3. The number of nitrogens with zero attached hydrogens (tertiary/aromatic N) is 1. The molecule has 2 atom stereocenters. The van der Waals surface area contributed by atoms with E-state index in [4.69, 9.17) is 14.2 Å². The molecule has 0 N–H and O–H groups in total. The summed E-state index contributed by atoms with van der Waals surface area (Å²) in [5, 5.41) is 0. The third kappa shape index (κ3) is 2.57. The summed E-state index contributed by atoms with van der Waals surface area (Å²) in [6.45, 7) is 4.18. The molecule has 3 aliphatic rings. The second kappa shape index (κ2) is 6.08. The van der Waals surface area contributed by atoms with Crippen molar-refractivity contribution in [3.8, 4) is 5.75 Å². The topological polar surface area (TPSA) is 30.9 Å². The van der Waals surface area contributed by atoms with Crippen molar-refractivity contribution in [3.63, 3.8) is 0 Å². The van der Waals surface area contributed by atoms with Crippen LogP contribution in [0.3, 0.4) is 0 Å². The van der Waals surface area contributed by atoms with Gasteiger partial charge in [-0.1, -0.05) is 6.07 Å². The SMILES string of the molecule is COc1ccc2c(c1)C1(CCN(C3CCOC3)CC1)CC2OC. The van der Waals surface area contributed by atoms with E-state index >= 15 is 0 Å². The van der Waals surface area contributed by atoms with E-state index in [9.17, 15) is 0 Å². The van der Waals surface area contributed by atoms with Gasteiger partial charge in [-0.3, -0.25) is 4.90 Å². The molecule has 2 unspecified atom stereocenters. The first-order valence-electron chi connectivity index (χ1n) is 8.79. The molecule has 1 spiro atoms. The minimum atomic E-state index is 0.234. The molecule has 2 fully saturated rings. The quantitative estimate of drug-likeness (QED) is 0.858. The lowest BCUT2D eigenvalue weighted by molar-refractivity contribution is 0.0575. The van der Waals surface area contributed by atoms with Crippen LogP contribution >= 0.6 is 0 Å². The number of fused-ring (bicyclic) bond motifs is 2. The van der Waals surface area contributed by atoms with Crippen LogP contribution in [0, 0.1) is 0 Å². The van der Waals surface area contributed by atoms with Crippen molar-refractivity contribution in [2.45, 2.75) is 43.2 Å². The largest absolute Gasteiger partial charge is 0.497 e. The van der Waals surface area contributed by atoms with Crippen molar-refractivity contribution in [2.24, 2.45) is 0 Å². The maximum Gasteiger partial charge on any atom is 0.119 e. The van der Waals surface area contributed by atoms with Crippen LogP contribution in [0.1, 0.15) is 42.9 Å². The number of likely N-dealkylation sites (tertiary alicyclic amines) is 1. The number of piperidine rings is 1. The second-order valence-corrected chi connectivity index (χ2v) is 7.22. The third-order valence-electron chi connectivity index (χ3n) is 6.22. The molecule has 2 heterocycles. The van der Waals surface area contributed by atoms with Gasteiger partial charge in [0, 0.05) is 25.2 Å². The van der Waals surface area contributed by atoms with Gasteiger partial charge in [0.15, 0.2) is 0 Å². The molecule has 0 aromatic heterocycles. The van der Waals surface area contributed by atoms with Crippen LogP contribution in [-0.4, -0.2) is 51.5 Å². The summed E-state index contributed by atoms with van der Waals surface area (Å²) in [6.07, 6.45) is 4.96. The van der Waals surface area contributed by atoms with E-state index in [0.717, 1.165) is 25.4 Å². The standard InChI is InChI=1S/C19H27NO3/c1-21-15-3-4-16-17(11-15)19(12-18(16)22-2)6-8-20(9-7-19)14-5-10-23-13-14/h3-4,11,14,18H,5-10,12-13H2,1-2H3. The van der Waals surface area contributed by atoms with E-state index in [1.807, 2.05) is 7.11 Å². The Morgan fingerprint density at radius 3 is 2.70 bits per heavy atom. The van der Waals surface area contributed by atoms with E-state index in [-0.39, 0.29) is 11.5 Å². The maximum atomic E-state index is 5.79. The molecule has 4 heteroatoms. The van der Waals surface area contributed by atoms with E-state index in [2.05, 4.69) is 23.1 Å². The molecule has 0 bridgehead atoms. The van der Waals surface area contributed by atoms with Gasteiger partial charge in [-0.05, 0) is 62.0 Å². The highest BCUT2D eigenvalue weighted by Crippen LogP contribution is 2.52. The molecule has 1 aromatic rings. The number of hydrogen-bond donors (Lipinski definition) is 0. The first kappa shape index (κ1) is 15.4. The lowest BCUT2D eigenvalue weighted by Crippen LogP contribution is -2.46. The summed E-state index contributed by atoms with van der Waals surface area (Å²) in [7, 11) is 3.59. The van der Waals surface area contributed by atoms with E-state index in [0.29, 0.717) is 6.04 Å². The molecule has 2 aliphatic heterocycles. The third-order valence-corrected chi connectivity index (χ3v) is 6.22. The van der Waals surface area contributed by atoms with Gasteiger partial charge in [0.05, 0.1) is 19.8 Å². The highest BCUT2D eigenvalue weighted by Gasteiger charge is 2.46. The Balaban J connectivity index is 1.58. The Morgan fingerprint density at radius 2 is 2.04 bits per heavy atom. The molecule has 126 valence electrons. The molecular weight excluding hydrogens is 290 g/mol. The minimum Gasteiger partial charge on any atom is -0.497 e. The Labute approximate surface area is 138 Å². The fraction of sp³-hybridized carbons (Fsp3) is 0.684. The van der Waals surface area contributed by atoms with Crippen LogP contribution in [0.5, 0.6) is 5.75 Å². The van der Waals surface area contributed by atoms with Gasteiger partial charge in [-0.2, -0.15) is 0 Å². The fourth-order valence-electron chi connectivity index (χ4n) is 4.79. The molecule has 4 nitrogen and oxygen atoms in total. The molecule has 0 saturated carbocycles. The second-order valence-electron chi connectivity index (χ2n) is 7.22. The first-order valence-corrected chi connectivity index (χ1v) is 8.79. The maximum absolute atomic E-state index is 5.79. The molecule has 0 radical (unpaired) electrons. The van der Waals surface area contributed by atoms with E-state index in [1.54, 1.807) is 7.11 Å². The summed E-state index contributed by atoms with van der Waals surface area (Å²) in [5.74, 6) is 0.964. The van der Waals surface area contributed by atoms with Gasteiger partial charge in [0.1, 0.15) is 5.75 Å². The number of hydrogen-bond acceptors (Lipinski definition) is 4. The average Bonchev–Trinajstić information content (AvgIpc) is 3.23. The van der Waals surface area contributed by atoms with Gasteiger partial charge in [0.2, 0.25) is 0 Å². The average molecular weight is 317 g/mol. The zero-order valence-corrected chi connectivity index (χ0v) is 14.2. The Morgan fingerprint density at radius 1 is 1.22 bits per heavy atom. The monoisotopic (exact) mass is 317 g/mol. The summed E-state index contributed by atoms with van der Waals surface area (Å²) in [4.78, 5) is 2.64. The summed E-state index contributed by atoms with van der Waals surface area (Å²) >= 11 is 0. The number of benzene rings is 1. The van der Waals surface area contributed by atoms with E-state index in [1.165, 1.54) is 43.5 Å². The van der Waals surface area contributed by atoms with Crippen LogP contribution in [0.15, 0.2) is 18.2 Å². The van der Waals surface area contributed by atoms with Gasteiger partial charge < -0.3 is 14.2 Å². The van der Waals surface area contributed by atoms with Crippen molar-refractivity contribution in [2.75, 3.05) is 40.5 Å². The molecule has 23 heavy (non-hydrogen) atoms. The van der Waals surface area contributed by atoms with Gasteiger partial charge in [-0.15, -0.1) is 0 Å². The molecule has 1 aromatic carbocycles. The van der Waals surface area contributed by atoms with Crippen molar-refractivity contribution < 1.29 is 14.2 Å². The molecular formula is C19H27NO3. The zero-order valence-electron chi connectivity index (χ0n) is 14.2. The van der Waals surface area contributed by atoms with Crippen molar-refractivity contribution in [1.29, 1.82) is 0 Å². The lowest BCUT2D eigenvalue weighted by Gasteiger charge is -2.42. The van der Waals surface area contributed by atoms with Crippen LogP contribution in [0.4, 0.5) is 0 Å². The Bertz CT molecular complexity index is 560. The fourth-order valence-corrected chi connectivity index (χ4v) is 4.79. The molecule has 1 aliphatic carbocycles. The minimum absolute atomic E-state index is 0.234. The predicted molar refractivity (Wildman–Crippen MR) is 89.1 cm³/mol. The highest BCUT2D eigenvalue weighted by atomic mass is 16.5. The molecule has 0 amide bonds. The van der Waals surface area contributed by atoms with Crippen molar-refractivity contribution in [1.82, 2.24) is 4.90 Å². The van der Waals surface area contributed by atoms with E-state index < -0.39 is 0 Å². The summed E-state index contributed by atoms with van der Waals surface area (Å²) in [5.41, 5.74) is 3.09. The number of rotatable bonds is 3. The predicted octanol–water partition coefficient (Wildman–Crippen LogP) is 2.91. The Kier molecular flexibility index (Phi) is 4.08. The van der Waals surface area contributed by atoms with Crippen LogP contribution in [0.2, 0.25) is 0 Å². The smallest absolute Gasteiger partial charge is 0.119 e. The van der Waals surface area contributed by atoms with Gasteiger partial charge >= 0.3 is 0 Å². The van der Waals surface area contributed by atoms with Crippen LogP contribution < -0.4 is 4.74 Å². The van der Waals surface area contributed by atoms with Gasteiger partial charge in [-0.25, -0.2) is 0 Å². The molecule has 4 rings (SSSR count). The van der Waals surface area contributed by atoms with Gasteiger partial charge in [0.25, 0.3) is 0 Å². The highest BCUT2D eigenvalue weighted by molar-refractivity contribution is 5.46. The Hall–Kier alpha value is -1.10.